The number of quaternary nitrogens is 1. The van der Waals surface area contributed by atoms with Crippen LogP contribution in [0.1, 0.15) is 51.5 Å². The number of carboxylic acids is 1. The quantitative estimate of drug-likeness (QED) is 0.497. The molecule has 1 saturated carbocycles. The van der Waals surface area contributed by atoms with Crippen LogP contribution in [0, 0.1) is 17.8 Å². The Morgan fingerprint density at radius 1 is 1.13 bits per heavy atom. The summed E-state index contributed by atoms with van der Waals surface area (Å²) in [6.07, 6.45) is 4.17. The Morgan fingerprint density at radius 2 is 1.77 bits per heavy atom. The lowest BCUT2D eigenvalue weighted by molar-refractivity contribution is -0.415. The number of nitrogens with one attached hydrogen (secondary N) is 2. The molecule has 0 saturated heterocycles. The van der Waals surface area contributed by atoms with Gasteiger partial charge in [0, 0.05) is 18.4 Å². The van der Waals surface area contributed by atoms with Gasteiger partial charge >= 0.3 is 0 Å². The van der Waals surface area contributed by atoms with Crippen LogP contribution in [0.5, 0.6) is 0 Å². The molecule has 166 valence electrons. The van der Waals surface area contributed by atoms with Gasteiger partial charge in [0.05, 0.1) is 12.0 Å². The lowest BCUT2D eigenvalue weighted by atomic mass is 9.81. The van der Waals surface area contributed by atoms with Crippen molar-refractivity contribution in [3.05, 3.63) is 35.9 Å². The summed E-state index contributed by atoms with van der Waals surface area (Å²) in [5.41, 5.74) is 4.80. The second kappa shape index (κ2) is 11.7. The molecule has 30 heavy (non-hydrogen) atoms. The normalized spacial score (nSPS) is 21.8. The molecule has 1 aromatic rings. The molecule has 0 unspecified atom stereocenters. The molecule has 7 nitrogen and oxygen atoms in total. The Bertz CT molecular complexity index is 702. The van der Waals surface area contributed by atoms with Crippen LogP contribution in [-0.4, -0.2) is 36.4 Å². The first-order valence-electron chi connectivity index (χ1n) is 11.0. The summed E-state index contributed by atoms with van der Waals surface area (Å²) in [7, 11) is 0. The number of rotatable bonds is 10. The fourth-order valence-corrected chi connectivity index (χ4v) is 3.88. The fraction of sp³-hybridized carbons (Fsp3) is 0.609. The number of aliphatic carboxylic acids is 1. The molecule has 0 aliphatic heterocycles. The first-order chi connectivity index (χ1) is 14.3. The van der Waals surface area contributed by atoms with Gasteiger partial charge in [0.1, 0.15) is 0 Å². The molecule has 2 rings (SSSR count). The molecule has 1 aromatic carbocycles. The third kappa shape index (κ3) is 7.13. The topological polar surface area (TPSA) is 126 Å². The highest BCUT2D eigenvalue weighted by atomic mass is 16.4. The van der Waals surface area contributed by atoms with Crippen molar-refractivity contribution in [2.24, 2.45) is 17.8 Å². The van der Waals surface area contributed by atoms with Crippen molar-refractivity contribution < 1.29 is 25.2 Å². The molecule has 1 aliphatic rings. The van der Waals surface area contributed by atoms with Crippen molar-refractivity contribution in [2.45, 2.75) is 64.5 Å². The maximum Gasteiger partial charge on any atom is 0.278 e. The summed E-state index contributed by atoms with van der Waals surface area (Å²) < 4.78 is 0. The average molecular weight is 418 g/mol. The number of hydrogen-bond donors (Lipinski definition) is 3. The van der Waals surface area contributed by atoms with Crippen molar-refractivity contribution in [2.75, 3.05) is 6.54 Å². The average Bonchev–Trinajstić information content (AvgIpc) is 2.76. The van der Waals surface area contributed by atoms with E-state index in [-0.39, 0.29) is 36.1 Å². The Balaban J connectivity index is 1.77. The lowest BCUT2D eigenvalue weighted by Gasteiger charge is -2.30. The highest BCUT2D eigenvalue weighted by Gasteiger charge is 2.29. The summed E-state index contributed by atoms with van der Waals surface area (Å²) in [6, 6.07) is 7.92. The van der Waals surface area contributed by atoms with E-state index in [2.05, 4.69) is 16.4 Å². The lowest BCUT2D eigenvalue weighted by Crippen LogP contribution is -2.70. The molecule has 1 fully saturated rings. The van der Waals surface area contributed by atoms with E-state index in [1.807, 2.05) is 44.2 Å². The van der Waals surface area contributed by atoms with Crippen molar-refractivity contribution in [1.29, 1.82) is 0 Å². The zero-order valence-corrected chi connectivity index (χ0v) is 18.1. The molecule has 3 atom stereocenters. The van der Waals surface area contributed by atoms with E-state index in [0.29, 0.717) is 25.3 Å². The SMILES string of the molecule is CC[C@@H](C)[C@H]([NH3+])C(=O)NCC1CCC(C(=O)N[C@@H](Cc2ccccc2)C(=O)[O-])CC1. The van der Waals surface area contributed by atoms with Crippen molar-refractivity contribution in [1.82, 2.24) is 10.6 Å². The van der Waals surface area contributed by atoms with Crippen molar-refractivity contribution in [3.8, 4) is 0 Å². The number of hydrogen-bond acceptors (Lipinski definition) is 4. The van der Waals surface area contributed by atoms with E-state index in [1.165, 1.54) is 0 Å². The molecule has 0 bridgehead atoms. The maximum absolute atomic E-state index is 12.6. The van der Waals surface area contributed by atoms with E-state index >= 15 is 0 Å². The van der Waals surface area contributed by atoms with Gasteiger partial charge in [-0.15, -0.1) is 0 Å². The van der Waals surface area contributed by atoms with Crippen LogP contribution in [0.2, 0.25) is 0 Å². The number of carboxylic acid groups (broad SMARTS) is 1. The smallest absolute Gasteiger partial charge is 0.278 e. The number of amides is 2. The zero-order chi connectivity index (χ0) is 22.1. The Kier molecular flexibility index (Phi) is 9.30. The van der Waals surface area contributed by atoms with Gasteiger partial charge in [0.2, 0.25) is 5.91 Å². The van der Waals surface area contributed by atoms with Crippen LogP contribution >= 0.6 is 0 Å². The van der Waals surface area contributed by atoms with Gasteiger partial charge in [-0.25, -0.2) is 0 Å². The minimum atomic E-state index is -1.27. The van der Waals surface area contributed by atoms with E-state index < -0.39 is 12.0 Å². The maximum atomic E-state index is 12.6. The second-order valence-electron chi connectivity index (χ2n) is 8.52. The van der Waals surface area contributed by atoms with Gasteiger partial charge in [-0.05, 0) is 50.0 Å². The van der Waals surface area contributed by atoms with Crippen LogP contribution in [0.25, 0.3) is 0 Å². The van der Waals surface area contributed by atoms with Crippen molar-refractivity contribution >= 4 is 17.8 Å². The van der Waals surface area contributed by atoms with Gasteiger partial charge in [0.15, 0.2) is 6.04 Å². The Hall–Kier alpha value is -2.41. The summed E-state index contributed by atoms with van der Waals surface area (Å²) in [5.74, 6) is -1.12. The van der Waals surface area contributed by atoms with E-state index in [4.69, 9.17) is 0 Å². The molecule has 1 aliphatic carbocycles. The second-order valence-corrected chi connectivity index (χ2v) is 8.52. The van der Waals surface area contributed by atoms with Gasteiger partial charge in [-0.3, -0.25) is 9.59 Å². The van der Waals surface area contributed by atoms with Crippen LogP contribution in [0.15, 0.2) is 30.3 Å². The highest BCUT2D eigenvalue weighted by molar-refractivity contribution is 5.84. The summed E-state index contributed by atoms with van der Waals surface area (Å²) in [5, 5.41) is 17.1. The molecule has 7 heteroatoms. The van der Waals surface area contributed by atoms with E-state index in [9.17, 15) is 19.5 Å². The van der Waals surface area contributed by atoms with Crippen LogP contribution in [0.4, 0.5) is 0 Å². The Morgan fingerprint density at radius 3 is 2.33 bits per heavy atom. The molecular formula is C23H35N3O4. The van der Waals surface area contributed by atoms with Gasteiger partial charge in [-0.1, -0.05) is 44.2 Å². The largest absolute Gasteiger partial charge is 0.548 e. The number of benzene rings is 1. The van der Waals surface area contributed by atoms with Crippen LogP contribution < -0.4 is 21.5 Å². The fourth-order valence-electron chi connectivity index (χ4n) is 3.88. The third-order valence-electron chi connectivity index (χ3n) is 6.33. The molecule has 2 amide bonds. The minimum absolute atomic E-state index is 0.0121. The zero-order valence-electron chi connectivity index (χ0n) is 18.1. The Labute approximate surface area is 178 Å². The van der Waals surface area contributed by atoms with Gasteiger partial charge in [0.25, 0.3) is 5.91 Å². The third-order valence-corrected chi connectivity index (χ3v) is 6.33. The molecule has 0 aromatic heterocycles. The predicted molar refractivity (Wildman–Crippen MR) is 112 cm³/mol. The van der Waals surface area contributed by atoms with Crippen LogP contribution in [0.3, 0.4) is 0 Å². The molecule has 0 heterocycles. The molecule has 0 radical (unpaired) electrons. The standard InChI is InChI=1S/C23H35N3O4/c1-3-15(2)20(24)22(28)25-14-17-9-11-18(12-10-17)21(27)26-19(23(29)30)13-16-7-5-4-6-8-16/h4-8,15,17-20H,3,9-14,24H2,1-2H3,(H,25,28)(H,26,27)(H,29,30)/t15-,17?,18?,19+,20+/m1/s1. The first-order valence-corrected chi connectivity index (χ1v) is 11.0. The minimum Gasteiger partial charge on any atom is -0.548 e. The first kappa shape index (κ1) is 23.9. The van der Waals surface area contributed by atoms with E-state index in [1.54, 1.807) is 0 Å². The van der Waals surface area contributed by atoms with Gasteiger partial charge < -0.3 is 26.3 Å². The monoisotopic (exact) mass is 417 g/mol. The van der Waals surface area contributed by atoms with Gasteiger partial charge in [-0.2, -0.15) is 0 Å². The predicted octanol–water partition coefficient (Wildman–Crippen LogP) is 0.0430. The van der Waals surface area contributed by atoms with Crippen molar-refractivity contribution in [3.63, 3.8) is 0 Å². The molecule has 5 N–H and O–H groups in total. The molecule has 0 spiro atoms. The van der Waals surface area contributed by atoms with Crippen LogP contribution in [-0.2, 0) is 20.8 Å². The summed E-state index contributed by atoms with van der Waals surface area (Å²) in [4.78, 5) is 36.3. The summed E-state index contributed by atoms with van der Waals surface area (Å²) >= 11 is 0. The number of carbonyl (C=O) groups is 3. The highest BCUT2D eigenvalue weighted by Crippen LogP contribution is 2.28. The molecular weight excluding hydrogens is 382 g/mol. The van der Waals surface area contributed by atoms with E-state index in [0.717, 1.165) is 24.8 Å². The number of carbonyl (C=O) groups excluding carboxylic acids is 3. The summed E-state index contributed by atoms with van der Waals surface area (Å²) in [6.45, 7) is 4.68.